The van der Waals surface area contributed by atoms with Gasteiger partial charge in [0.15, 0.2) is 0 Å². The first-order chi connectivity index (χ1) is 13.1. The maximum atomic E-state index is 12.4. The summed E-state index contributed by atoms with van der Waals surface area (Å²) in [6, 6.07) is 8.29. The number of piperidine rings is 1. The van der Waals surface area contributed by atoms with Crippen molar-refractivity contribution in [3.8, 4) is 0 Å². The lowest BCUT2D eigenvalue weighted by molar-refractivity contribution is -0.122. The SMILES string of the molecule is NC(=O)[C@H]1CCCN(c2ccc(CNC(=O)N3CCCCCCC3)cc2)C1. The number of hydrogen-bond donors (Lipinski definition) is 2. The van der Waals surface area contributed by atoms with Crippen LogP contribution < -0.4 is 16.0 Å². The molecule has 0 aromatic heterocycles. The average molecular weight is 373 g/mol. The van der Waals surface area contributed by atoms with Crippen molar-refractivity contribution in [1.82, 2.24) is 10.2 Å². The lowest BCUT2D eigenvalue weighted by atomic mass is 9.97. The van der Waals surface area contributed by atoms with Crippen molar-refractivity contribution in [2.45, 2.75) is 51.5 Å². The van der Waals surface area contributed by atoms with Crippen molar-refractivity contribution in [1.29, 1.82) is 0 Å². The Balaban J connectivity index is 1.50. The van der Waals surface area contributed by atoms with Gasteiger partial charge in [-0.3, -0.25) is 4.79 Å². The minimum Gasteiger partial charge on any atom is -0.371 e. The van der Waals surface area contributed by atoms with Crippen molar-refractivity contribution in [2.75, 3.05) is 31.1 Å². The Kier molecular flexibility index (Phi) is 6.96. The molecule has 6 nitrogen and oxygen atoms in total. The van der Waals surface area contributed by atoms with Crippen LogP contribution >= 0.6 is 0 Å². The van der Waals surface area contributed by atoms with E-state index in [4.69, 9.17) is 5.73 Å². The number of primary amides is 1. The molecule has 3 rings (SSSR count). The Morgan fingerprint density at radius 1 is 0.963 bits per heavy atom. The molecule has 0 saturated carbocycles. The second kappa shape index (κ2) is 9.62. The standard InChI is InChI=1S/C21H32N4O2/c22-20(26)18-7-6-14-25(16-18)19-10-8-17(9-11-19)15-23-21(27)24-12-4-2-1-3-5-13-24/h8-11,18H,1-7,12-16H2,(H2,22,26)(H,23,27)/t18-/m0/s1. The topological polar surface area (TPSA) is 78.7 Å². The molecular weight excluding hydrogens is 340 g/mol. The summed E-state index contributed by atoms with van der Waals surface area (Å²) in [5.41, 5.74) is 7.67. The van der Waals surface area contributed by atoms with E-state index in [2.05, 4.69) is 34.5 Å². The normalized spacial score (nSPS) is 21.3. The molecule has 3 amide bonds. The Morgan fingerprint density at radius 3 is 2.30 bits per heavy atom. The molecule has 1 aromatic rings. The van der Waals surface area contributed by atoms with Gasteiger partial charge in [-0.05, 0) is 43.4 Å². The molecule has 2 heterocycles. The highest BCUT2D eigenvalue weighted by molar-refractivity contribution is 5.77. The van der Waals surface area contributed by atoms with Gasteiger partial charge in [0.05, 0.1) is 5.92 Å². The second-order valence-corrected chi connectivity index (χ2v) is 7.77. The molecule has 0 bridgehead atoms. The quantitative estimate of drug-likeness (QED) is 0.853. The number of nitrogens with one attached hydrogen (secondary N) is 1. The molecule has 148 valence electrons. The van der Waals surface area contributed by atoms with Gasteiger partial charge in [-0.15, -0.1) is 0 Å². The van der Waals surface area contributed by atoms with Gasteiger partial charge in [-0.1, -0.05) is 31.4 Å². The van der Waals surface area contributed by atoms with Gasteiger partial charge < -0.3 is 20.9 Å². The highest BCUT2D eigenvalue weighted by Gasteiger charge is 2.24. The van der Waals surface area contributed by atoms with E-state index < -0.39 is 0 Å². The van der Waals surface area contributed by atoms with Crippen molar-refractivity contribution in [2.24, 2.45) is 11.7 Å². The monoisotopic (exact) mass is 372 g/mol. The molecule has 0 spiro atoms. The summed E-state index contributed by atoms with van der Waals surface area (Å²) in [4.78, 5) is 28.0. The first kappa shape index (κ1) is 19.5. The third-order valence-electron chi connectivity index (χ3n) is 5.71. The predicted molar refractivity (Wildman–Crippen MR) is 107 cm³/mol. The number of benzene rings is 1. The lowest BCUT2D eigenvalue weighted by Gasteiger charge is -2.33. The number of carbonyl (C=O) groups excluding carboxylic acids is 2. The molecule has 1 aromatic carbocycles. The molecule has 1 atom stereocenters. The minimum atomic E-state index is -0.205. The molecule has 0 aliphatic carbocycles. The van der Waals surface area contributed by atoms with Gasteiger partial charge in [0.2, 0.25) is 5.91 Å². The predicted octanol–water partition coefficient (Wildman–Crippen LogP) is 2.86. The fourth-order valence-corrected chi connectivity index (χ4v) is 4.01. The van der Waals surface area contributed by atoms with Gasteiger partial charge in [-0.2, -0.15) is 0 Å². The van der Waals surface area contributed by atoms with Crippen LogP contribution in [0.3, 0.4) is 0 Å². The van der Waals surface area contributed by atoms with Crippen LogP contribution in [0.15, 0.2) is 24.3 Å². The molecule has 27 heavy (non-hydrogen) atoms. The Labute approximate surface area is 162 Å². The molecule has 3 N–H and O–H groups in total. The van der Waals surface area contributed by atoms with E-state index in [-0.39, 0.29) is 17.9 Å². The van der Waals surface area contributed by atoms with E-state index >= 15 is 0 Å². The number of urea groups is 1. The van der Waals surface area contributed by atoms with Crippen LogP contribution in [0.25, 0.3) is 0 Å². The highest BCUT2D eigenvalue weighted by Crippen LogP contribution is 2.23. The van der Waals surface area contributed by atoms with Crippen LogP contribution in [0.4, 0.5) is 10.5 Å². The maximum Gasteiger partial charge on any atom is 0.317 e. The third kappa shape index (κ3) is 5.62. The van der Waals surface area contributed by atoms with E-state index in [9.17, 15) is 9.59 Å². The van der Waals surface area contributed by atoms with E-state index in [0.29, 0.717) is 13.1 Å². The van der Waals surface area contributed by atoms with Crippen LogP contribution in [0, 0.1) is 5.92 Å². The van der Waals surface area contributed by atoms with Crippen LogP contribution in [0.5, 0.6) is 0 Å². The average Bonchev–Trinajstić information content (AvgIpc) is 2.66. The van der Waals surface area contributed by atoms with Gasteiger partial charge >= 0.3 is 6.03 Å². The van der Waals surface area contributed by atoms with E-state index in [1.54, 1.807) is 0 Å². The van der Waals surface area contributed by atoms with Crippen molar-refractivity contribution in [3.05, 3.63) is 29.8 Å². The molecule has 0 unspecified atom stereocenters. The summed E-state index contributed by atoms with van der Waals surface area (Å²) in [5.74, 6) is -0.265. The summed E-state index contributed by atoms with van der Waals surface area (Å²) >= 11 is 0. The number of hydrogen-bond acceptors (Lipinski definition) is 3. The number of likely N-dealkylation sites (tertiary alicyclic amines) is 1. The molecular formula is C21H32N4O2. The maximum absolute atomic E-state index is 12.4. The summed E-state index contributed by atoms with van der Waals surface area (Å²) in [5, 5.41) is 3.05. The highest BCUT2D eigenvalue weighted by atomic mass is 16.2. The summed E-state index contributed by atoms with van der Waals surface area (Å²) < 4.78 is 0. The summed E-state index contributed by atoms with van der Waals surface area (Å²) in [7, 11) is 0. The van der Waals surface area contributed by atoms with Gasteiger partial charge in [0.25, 0.3) is 0 Å². The number of nitrogens with zero attached hydrogens (tertiary/aromatic N) is 2. The largest absolute Gasteiger partial charge is 0.371 e. The second-order valence-electron chi connectivity index (χ2n) is 7.77. The van der Waals surface area contributed by atoms with Crippen molar-refractivity contribution >= 4 is 17.6 Å². The fourth-order valence-electron chi connectivity index (χ4n) is 4.01. The number of carbonyl (C=O) groups is 2. The Morgan fingerprint density at radius 2 is 1.63 bits per heavy atom. The van der Waals surface area contributed by atoms with Gasteiger partial charge in [0.1, 0.15) is 0 Å². The first-order valence-corrected chi connectivity index (χ1v) is 10.3. The van der Waals surface area contributed by atoms with Crippen molar-refractivity contribution < 1.29 is 9.59 Å². The molecule has 2 aliphatic rings. The van der Waals surface area contributed by atoms with Crippen molar-refractivity contribution in [3.63, 3.8) is 0 Å². The number of nitrogens with two attached hydrogens (primary N) is 1. The Hall–Kier alpha value is -2.24. The zero-order chi connectivity index (χ0) is 19.1. The van der Waals surface area contributed by atoms with Crippen LogP contribution in [-0.4, -0.2) is 43.0 Å². The van der Waals surface area contributed by atoms with E-state index in [1.807, 2.05) is 4.90 Å². The number of rotatable bonds is 4. The molecule has 0 radical (unpaired) electrons. The Bertz CT molecular complexity index is 624. The summed E-state index contributed by atoms with van der Waals surface area (Å²) in [6.45, 7) is 3.91. The molecule has 2 saturated heterocycles. The van der Waals surface area contributed by atoms with Crippen LogP contribution in [0.2, 0.25) is 0 Å². The lowest BCUT2D eigenvalue weighted by Crippen LogP contribution is -2.41. The van der Waals surface area contributed by atoms with Crippen LogP contribution in [0.1, 0.15) is 50.5 Å². The minimum absolute atomic E-state index is 0.0429. The number of amides is 3. The van der Waals surface area contributed by atoms with Gasteiger partial charge in [-0.25, -0.2) is 4.79 Å². The third-order valence-corrected chi connectivity index (χ3v) is 5.71. The van der Waals surface area contributed by atoms with E-state index in [1.165, 1.54) is 19.3 Å². The fraction of sp³-hybridized carbons (Fsp3) is 0.619. The van der Waals surface area contributed by atoms with E-state index in [0.717, 1.165) is 56.6 Å². The summed E-state index contributed by atoms with van der Waals surface area (Å²) in [6.07, 6.45) is 7.80. The zero-order valence-electron chi connectivity index (χ0n) is 16.2. The smallest absolute Gasteiger partial charge is 0.317 e. The first-order valence-electron chi connectivity index (χ1n) is 10.3. The molecule has 6 heteroatoms. The molecule has 2 fully saturated rings. The molecule has 2 aliphatic heterocycles. The number of anilines is 1. The zero-order valence-corrected chi connectivity index (χ0v) is 16.2. The van der Waals surface area contributed by atoms with Crippen LogP contribution in [-0.2, 0) is 11.3 Å². The van der Waals surface area contributed by atoms with Gasteiger partial charge in [0, 0.05) is 38.4 Å².